The Bertz CT molecular complexity index is 872. The Kier molecular flexibility index (Phi) is 5.63. The predicted molar refractivity (Wildman–Crippen MR) is 95.9 cm³/mol. The Morgan fingerprint density at radius 2 is 1.52 bits per heavy atom. The van der Waals surface area contributed by atoms with Crippen molar-refractivity contribution in [2.75, 3.05) is 0 Å². The molecule has 0 N–H and O–H groups in total. The lowest BCUT2D eigenvalue weighted by atomic mass is 9.81. The maximum Gasteiger partial charge on any atom is 0.416 e. The van der Waals surface area contributed by atoms with Crippen LogP contribution in [0.2, 0.25) is 0 Å². The van der Waals surface area contributed by atoms with Gasteiger partial charge in [-0.25, -0.2) is 0 Å². The molecular weight excluding hydrogens is 377 g/mol. The van der Waals surface area contributed by atoms with Crippen LogP contribution in [0.15, 0.2) is 53.4 Å². The fourth-order valence-corrected chi connectivity index (χ4v) is 4.57. The standard InChI is InChI=1S/C20H21F3O3S/c1-14-6-12-17(13-7-14)27(24,25)26-19-5-3-2-4-18(19)15-8-10-16(11-9-15)20(21,22)23/h6-13,18-19H,2-5H2,1H3. The van der Waals surface area contributed by atoms with Gasteiger partial charge >= 0.3 is 6.18 Å². The molecule has 1 aliphatic rings. The van der Waals surface area contributed by atoms with E-state index in [-0.39, 0.29) is 10.8 Å². The first-order valence-corrected chi connectivity index (χ1v) is 10.2. The highest BCUT2D eigenvalue weighted by Gasteiger charge is 2.34. The maximum absolute atomic E-state index is 12.8. The van der Waals surface area contributed by atoms with E-state index in [1.54, 1.807) is 12.1 Å². The van der Waals surface area contributed by atoms with Crippen LogP contribution in [0.3, 0.4) is 0 Å². The predicted octanol–water partition coefficient (Wildman–Crippen LogP) is 5.45. The Labute approximate surface area is 157 Å². The normalized spacial score (nSPS) is 21.2. The van der Waals surface area contributed by atoms with E-state index in [1.165, 1.54) is 24.3 Å². The largest absolute Gasteiger partial charge is 0.416 e. The van der Waals surface area contributed by atoms with Crippen molar-refractivity contribution < 1.29 is 25.8 Å². The molecule has 0 spiro atoms. The van der Waals surface area contributed by atoms with Crippen LogP contribution in [0.25, 0.3) is 0 Å². The molecule has 146 valence electrons. The van der Waals surface area contributed by atoms with E-state index in [2.05, 4.69) is 0 Å². The van der Waals surface area contributed by atoms with Gasteiger partial charge in [-0.3, -0.25) is 4.18 Å². The van der Waals surface area contributed by atoms with Gasteiger partial charge in [0.05, 0.1) is 16.6 Å². The third-order valence-corrected chi connectivity index (χ3v) is 6.28. The number of hydrogen-bond acceptors (Lipinski definition) is 3. The first kappa shape index (κ1) is 19.9. The highest BCUT2D eigenvalue weighted by molar-refractivity contribution is 7.86. The van der Waals surface area contributed by atoms with Gasteiger partial charge in [0.25, 0.3) is 10.1 Å². The van der Waals surface area contributed by atoms with Crippen LogP contribution in [0.4, 0.5) is 13.2 Å². The van der Waals surface area contributed by atoms with E-state index in [0.717, 1.165) is 30.5 Å². The second-order valence-electron chi connectivity index (χ2n) is 6.91. The number of hydrogen-bond donors (Lipinski definition) is 0. The minimum Gasteiger partial charge on any atom is -0.262 e. The van der Waals surface area contributed by atoms with Gasteiger partial charge in [-0.1, -0.05) is 42.7 Å². The van der Waals surface area contributed by atoms with Crippen molar-refractivity contribution in [2.45, 2.75) is 55.7 Å². The lowest BCUT2D eigenvalue weighted by molar-refractivity contribution is -0.137. The van der Waals surface area contributed by atoms with Gasteiger partial charge in [-0.2, -0.15) is 21.6 Å². The number of aryl methyl sites for hydroxylation is 1. The SMILES string of the molecule is Cc1ccc(S(=O)(=O)OC2CCCCC2c2ccc(C(F)(F)F)cc2)cc1. The Balaban J connectivity index is 1.82. The van der Waals surface area contributed by atoms with Gasteiger partial charge in [0, 0.05) is 5.92 Å². The van der Waals surface area contributed by atoms with Gasteiger partial charge in [0.15, 0.2) is 0 Å². The minimum atomic E-state index is -4.39. The summed E-state index contributed by atoms with van der Waals surface area (Å²) in [5.41, 5.74) is 0.896. The molecule has 27 heavy (non-hydrogen) atoms. The summed E-state index contributed by atoms with van der Waals surface area (Å²) >= 11 is 0. The molecule has 3 rings (SSSR count). The molecule has 0 radical (unpaired) electrons. The molecule has 2 aromatic carbocycles. The first-order chi connectivity index (χ1) is 12.7. The molecule has 0 bridgehead atoms. The summed E-state index contributed by atoms with van der Waals surface area (Å²) in [6.45, 7) is 1.86. The minimum absolute atomic E-state index is 0.0878. The molecule has 2 atom stereocenters. The molecule has 0 saturated heterocycles. The zero-order valence-electron chi connectivity index (χ0n) is 14.9. The summed E-state index contributed by atoms with van der Waals surface area (Å²) in [6.07, 6.45) is -2.03. The molecule has 3 nitrogen and oxygen atoms in total. The van der Waals surface area contributed by atoms with E-state index in [4.69, 9.17) is 4.18 Å². The van der Waals surface area contributed by atoms with E-state index in [9.17, 15) is 21.6 Å². The molecule has 0 heterocycles. The van der Waals surface area contributed by atoms with Gasteiger partial charge in [-0.05, 0) is 49.6 Å². The van der Waals surface area contributed by atoms with Crippen molar-refractivity contribution in [3.63, 3.8) is 0 Å². The van der Waals surface area contributed by atoms with Crippen LogP contribution in [-0.4, -0.2) is 14.5 Å². The molecule has 2 unspecified atom stereocenters. The zero-order valence-corrected chi connectivity index (χ0v) is 15.7. The van der Waals surface area contributed by atoms with E-state index in [0.29, 0.717) is 18.4 Å². The van der Waals surface area contributed by atoms with Crippen molar-refractivity contribution in [1.82, 2.24) is 0 Å². The molecule has 0 aliphatic heterocycles. The van der Waals surface area contributed by atoms with Crippen LogP contribution in [0.5, 0.6) is 0 Å². The Morgan fingerprint density at radius 3 is 2.11 bits per heavy atom. The van der Waals surface area contributed by atoms with Gasteiger partial charge in [0.2, 0.25) is 0 Å². The van der Waals surface area contributed by atoms with E-state index < -0.39 is 28.0 Å². The van der Waals surface area contributed by atoms with Crippen LogP contribution in [0, 0.1) is 6.92 Å². The molecule has 7 heteroatoms. The van der Waals surface area contributed by atoms with Crippen LogP contribution in [0.1, 0.15) is 48.3 Å². The van der Waals surface area contributed by atoms with Crippen LogP contribution < -0.4 is 0 Å². The third kappa shape index (κ3) is 4.71. The highest BCUT2D eigenvalue weighted by atomic mass is 32.2. The van der Waals surface area contributed by atoms with Crippen molar-refractivity contribution in [3.8, 4) is 0 Å². The van der Waals surface area contributed by atoms with Crippen molar-refractivity contribution in [3.05, 3.63) is 65.2 Å². The van der Waals surface area contributed by atoms with E-state index in [1.807, 2.05) is 6.92 Å². The number of halogens is 3. The van der Waals surface area contributed by atoms with Crippen LogP contribution >= 0.6 is 0 Å². The smallest absolute Gasteiger partial charge is 0.262 e. The maximum atomic E-state index is 12.8. The fourth-order valence-electron chi connectivity index (χ4n) is 3.44. The lowest BCUT2D eigenvalue weighted by Crippen LogP contribution is -2.29. The van der Waals surface area contributed by atoms with Crippen molar-refractivity contribution in [2.24, 2.45) is 0 Å². The van der Waals surface area contributed by atoms with Crippen LogP contribution in [-0.2, 0) is 20.5 Å². The average Bonchev–Trinajstić information content (AvgIpc) is 2.62. The van der Waals surface area contributed by atoms with Crippen molar-refractivity contribution >= 4 is 10.1 Å². The van der Waals surface area contributed by atoms with E-state index >= 15 is 0 Å². The van der Waals surface area contributed by atoms with Gasteiger partial charge < -0.3 is 0 Å². The molecular formula is C20H21F3O3S. The summed E-state index contributed by atoms with van der Waals surface area (Å²) in [6, 6.07) is 11.3. The second-order valence-corrected chi connectivity index (χ2v) is 8.48. The monoisotopic (exact) mass is 398 g/mol. The van der Waals surface area contributed by atoms with Crippen molar-refractivity contribution in [1.29, 1.82) is 0 Å². The summed E-state index contributed by atoms with van der Waals surface area (Å²) in [7, 11) is -3.93. The summed E-state index contributed by atoms with van der Waals surface area (Å²) < 4.78 is 69.0. The third-order valence-electron chi connectivity index (χ3n) is 4.93. The Morgan fingerprint density at radius 1 is 0.926 bits per heavy atom. The topological polar surface area (TPSA) is 43.4 Å². The quantitative estimate of drug-likeness (QED) is 0.644. The molecule has 0 amide bonds. The molecule has 0 aromatic heterocycles. The second kappa shape index (κ2) is 7.64. The van der Waals surface area contributed by atoms with Gasteiger partial charge in [0.1, 0.15) is 0 Å². The summed E-state index contributed by atoms with van der Waals surface area (Å²) in [4.78, 5) is 0.0878. The molecule has 1 fully saturated rings. The fraction of sp³-hybridized carbons (Fsp3) is 0.400. The molecule has 2 aromatic rings. The first-order valence-electron chi connectivity index (χ1n) is 8.84. The zero-order chi connectivity index (χ0) is 19.7. The highest BCUT2D eigenvalue weighted by Crippen LogP contribution is 2.38. The Hall–Kier alpha value is -1.86. The number of benzene rings is 2. The summed E-state index contributed by atoms with van der Waals surface area (Å²) in [5.74, 6) is -0.249. The molecule has 1 saturated carbocycles. The van der Waals surface area contributed by atoms with Gasteiger partial charge in [-0.15, -0.1) is 0 Å². The lowest BCUT2D eigenvalue weighted by Gasteiger charge is -2.31. The number of alkyl halides is 3. The average molecular weight is 398 g/mol. The number of rotatable bonds is 4. The summed E-state index contributed by atoms with van der Waals surface area (Å²) in [5, 5.41) is 0. The molecule has 1 aliphatic carbocycles.